The average molecular weight is 450 g/mol. The third-order valence-corrected chi connectivity index (χ3v) is 6.23. The number of hydrogen-bond acceptors (Lipinski definition) is 8. The Hall–Kier alpha value is -3.15. The van der Waals surface area contributed by atoms with Crippen LogP contribution in [0.3, 0.4) is 0 Å². The summed E-state index contributed by atoms with van der Waals surface area (Å²) in [6.45, 7) is 0.289. The number of Topliss-reactive ketones (excluding diaryl/α,β-unsaturated/α-hetero) is 1. The van der Waals surface area contributed by atoms with E-state index in [1.54, 1.807) is 0 Å². The van der Waals surface area contributed by atoms with Crippen LogP contribution in [0.4, 0.5) is 30.8 Å². The second-order valence-corrected chi connectivity index (χ2v) is 8.27. The molecule has 12 heteroatoms. The minimum absolute atomic E-state index is 0.0270. The minimum Gasteiger partial charge on any atom is -0.384 e. The molecule has 32 heavy (non-hydrogen) atoms. The van der Waals surface area contributed by atoms with Crippen LogP contribution < -0.4 is 21.1 Å². The van der Waals surface area contributed by atoms with Crippen molar-refractivity contribution in [2.45, 2.75) is 43.8 Å². The van der Waals surface area contributed by atoms with Crippen LogP contribution in [0.15, 0.2) is 29.2 Å². The molecule has 3 aliphatic heterocycles. The zero-order valence-electron chi connectivity index (χ0n) is 17.0. The highest BCUT2D eigenvalue weighted by Gasteiger charge is 2.48. The molecule has 0 spiro atoms. The van der Waals surface area contributed by atoms with Crippen molar-refractivity contribution >= 4 is 23.4 Å². The maximum Gasteiger partial charge on any atom is 0.408 e. The Morgan fingerprint density at radius 2 is 2.12 bits per heavy atom. The summed E-state index contributed by atoms with van der Waals surface area (Å²) >= 11 is 0. The molecule has 0 radical (unpaired) electrons. The van der Waals surface area contributed by atoms with Gasteiger partial charge in [-0.1, -0.05) is 0 Å². The highest BCUT2D eigenvalue weighted by atomic mass is 19.4. The fourth-order valence-corrected chi connectivity index (χ4v) is 4.62. The van der Waals surface area contributed by atoms with Crippen molar-refractivity contribution in [2.75, 3.05) is 35.2 Å². The number of rotatable bonds is 4. The molecule has 2 N–H and O–H groups in total. The highest BCUT2D eigenvalue weighted by Crippen LogP contribution is 2.36. The number of ether oxygens (including phenoxy) is 1. The Bertz CT molecular complexity index is 1100. The van der Waals surface area contributed by atoms with Crippen LogP contribution in [0.25, 0.3) is 0 Å². The van der Waals surface area contributed by atoms with Gasteiger partial charge in [0, 0.05) is 30.9 Å². The van der Waals surface area contributed by atoms with Crippen molar-refractivity contribution in [3.8, 4) is 0 Å². The number of alkyl halides is 3. The topological polar surface area (TPSA) is 107 Å². The molecule has 1 unspecified atom stereocenters. The van der Waals surface area contributed by atoms with E-state index in [1.165, 1.54) is 29.0 Å². The van der Waals surface area contributed by atoms with E-state index in [2.05, 4.69) is 9.97 Å². The maximum absolute atomic E-state index is 13.9. The number of anilines is 3. The van der Waals surface area contributed by atoms with Gasteiger partial charge in [-0.05, 0) is 25.0 Å². The Labute approximate surface area is 180 Å². The van der Waals surface area contributed by atoms with Crippen molar-refractivity contribution in [3.63, 3.8) is 0 Å². The second kappa shape index (κ2) is 7.47. The summed E-state index contributed by atoms with van der Waals surface area (Å²) in [6, 6.07) is 2.27. The fourth-order valence-electron chi connectivity index (χ4n) is 4.62. The first kappa shape index (κ1) is 20.7. The first-order chi connectivity index (χ1) is 15.2. The van der Waals surface area contributed by atoms with Gasteiger partial charge in [-0.25, -0.2) is 4.98 Å². The Kier molecular flexibility index (Phi) is 4.84. The van der Waals surface area contributed by atoms with Gasteiger partial charge in [0.25, 0.3) is 5.56 Å². The quantitative estimate of drug-likeness (QED) is 0.694. The van der Waals surface area contributed by atoms with Gasteiger partial charge in [0.2, 0.25) is 5.95 Å². The molecule has 2 bridgehead atoms. The predicted octanol–water partition coefficient (Wildman–Crippen LogP) is 1.22. The van der Waals surface area contributed by atoms with Crippen LogP contribution >= 0.6 is 0 Å². The van der Waals surface area contributed by atoms with Crippen LogP contribution in [-0.2, 0) is 11.3 Å². The summed E-state index contributed by atoms with van der Waals surface area (Å²) in [7, 11) is 0. The summed E-state index contributed by atoms with van der Waals surface area (Å²) < 4.78 is 48.4. The molecule has 5 rings (SSSR count). The van der Waals surface area contributed by atoms with Crippen LogP contribution in [0.1, 0.15) is 23.2 Å². The largest absolute Gasteiger partial charge is 0.408 e. The van der Waals surface area contributed by atoms with E-state index >= 15 is 0 Å². The van der Waals surface area contributed by atoms with Gasteiger partial charge in [0.05, 0.1) is 25.3 Å². The van der Waals surface area contributed by atoms with Crippen LogP contribution in [-0.4, -0.2) is 64.4 Å². The molecular formula is C20H21F3N6O3. The number of hydrogen-bond donors (Lipinski definition) is 1. The van der Waals surface area contributed by atoms with Gasteiger partial charge in [0.15, 0.2) is 5.78 Å². The van der Waals surface area contributed by atoms with Crippen LogP contribution in [0.2, 0.25) is 0 Å². The fraction of sp³-hybridized carbons (Fsp3) is 0.500. The van der Waals surface area contributed by atoms with Crippen molar-refractivity contribution in [3.05, 3.63) is 40.3 Å². The monoisotopic (exact) mass is 450 g/mol. The SMILES string of the molecule is Nc1ccc(C(=O)CN2c3nc(N4C[C@@H]5CC4CO5)cc(=O)n3CC[C@H]2C(F)(F)F)cn1. The molecule has 0 aromatic carbocycles. The zero-order chi connectivity index (χ0) is 22.6. The van der Waals surface area contributed by atoms with Gasteiger partial charge in [0.1, 0.15) is 17.7 Å². The lowest BCUT2D eigenvalue weighted by Gasteiger charge is -2.39. The number of fused-ring (bicyclic) bond motifs is 3. The zero-order valence-corrected chi connectivity index (χ0v) is 17.0. The van der Waals surface area contributed by atoms with Crippen LogP contribution in [0.5, 0.6) is 0 Å². The number of pyridine rings is 1. The normalized spacial score (nSPS) is 24.7. The maximum atomic E-state index is 13.9. The molecule has 2 fully saturated rings. The summed E-state index contributed by atoms with van der Waals surface area (Å²) in [6.07, 6.45) is -2.91. The summed E-state index contributed by atoms with van der Waals surface area (Å²) in [5.74, 6) is -0.221. The van der Waals surface area contributed by atoms with E-state index in [9.17, 15) is 22.8 Å². The molecule has 3 atom stereocenters. The first-order valence-corrected chi connectivity index (χ1v) is 10.3. The Morgan fingerprint density at radius 3 is 2.75 bits per heavy atom. The third kappa shape index (κ3) is 3.57. The first-order valence-electron chi connectivity index (χ1n) is 10.3. The smallest absolute Gasteiger partial charge is 0.384 e. The number of aromatic nitrogens is 3. The Morgan fingerprint density at radius 1 is 1.31 bits per heavy atom. The lowest BCUT2D eigenvalue weighted by Crippen LogP contribution is -2.54. The summed E-state index contributed by atoms with van der Waals surface area (Å²) in [5, 5.41) is 0. The van der Waals surface area contributed by atoms with Crippen LogP contribution in [0, 0.1) is 0 Å². The molecule has 9 nitrogen and oxygen atoms in total. The lowest BCUT2D eigenvalue weighted by molar-refractivity contribution is -0.152. The minimum atomic E-state index is -4.60. The van der Waals surface area contributed by atoms with Crippen molar-refractivity contribution in [2.24, 2.45) is 0 Å². The van der Waals surface area contributed by atoms with Gasteiger partial charge in [-0.2, -0.15) is 18.2 Å². The van der Waals surface area contributed by atoms with Crippen molar-refractivity contribution < 1.29 is 22.7 Å². The molecule has 0 saturated carbocycles. The van der Waals surface area contributed by atoms with E-state index in [1.807, 2.05) is 4.90 Å². The van der Waals surface area contributed by atoms with Gasteiger partial charge >= 0.3 is 6.18 Å². The van der Waals surface area contributed by atoms with E-state index in [0.29, 0.717) is 19.0 Å². The van der Waals surface area contributed by atoms with E-state index in [-0.39, 0.29) is 42.4 Å². The number of halogens is 3. The highest BCUT2D eigenvalue weighted by molar-refractivity contribution is 5.99. The number of nitrogens with zero attached hydrogens (tertiary/aromatic N) is 5. The molecule has 3 aliphatic rings. The molecule has 2 aromatic heterocycles. The van der Waals surface area contributed by atoms with Gasteiger partial charge in [-0.3, -0.25) is 14.2 Å². The molecule has 2 saturated heterocycles. The number of carbonyl (C=O) groups is 1. The lowest BCUT2D eigenvalue weighted by atomic mass is 10.1. The number of nitrogens with two attached hydrogens (primary N) is 1. The number of carbonyl (C=O) groups excluding carboxylic acids is 1. The van der Waals surface area contributed by atoms with Gasteiger partial charge in [-0.15, -0.1) is 0 Å². The van der Waals surface area contributed by atoms with E-state index in [4.69, 9.17) is 10.5 Å². The van der Waals surface area contributed by atoms with E-state index in [0.717, 1.165) is 11.3 Å². The van der Waals surface area contributed by atoms with Crippen molar-refractivity contribution in [1.82, 2.24) is 14.5 Å². The molecule has 2 aromatic rings. The molecular weight excluding hydrogens is 429 g/mol. The van der Waals surface area contributed by atoms with Crippen molar-refractivity contribution in [1.29, 1.82) is 0 Å². The molecule has 5 heterocycles. The van der Waals surface area contributed by atoms with Gasteiger partial charge < -0.3 is 20.3 Å². The van der Waals surface area contributed by atoms with E-state index < -0.39 is 30.1 Å². The second-order valence-electron chi connectivity index (χ2n) is 8.27. The summed E-state index contributed by atoms with van der Waals surface area (Å²) in [5.41, 5.74) is 5.21. The predicted molar refractivity (Wildman–Crippen MR) is 109 cm³/mol. The Balaban J connectivity index is 1.53. The third-order valence-electron chi connectivity index (χ3n) is 6.23. The molecule has 170 valence electrons. The number of nitrogen functional groups attached to an aromatic ring is 1. The molecule has 0 aliphatic carbocycles. The summed E-state index contributed by atoms with van der Waals surface area (Å²) in [4.78, 5) is 36.7. The molecule has 0 amide bonds. The standard InChI is InChI=1S/C20H21F3N6O3/c21-20(22,23)15-3-4-27-18(31)6-17(28-8-13-5-12(28)10-32-13)26-19(27)29(15)9-14(30)11-1-2-16(24)25-7-11/h1-2,6-7,12-13,15H,3-5,8-10H2,(H2,24,25)/t12?,13-,15-/m0/s1. The average Bonchev–Trinajstić information content (AvgIpc) is 3.37. The number of ketones is 1. The number of morpholine rings is 1.